The molecule has 0 aliphatic carbocycles. The van der Waals surface area contributed by atoms with Crippen LogP contribution in [0.1, 0.15) is 12.5 Å². The summed E-state index contributed by atoms with van der Waals surface area (Å²) in [7, 11) is 0. The zero-order valence-electron chi connectivity index (χ0n) is 12.3. The zero-order chi connectivity index (χ0) is 16.5. The first-order valence-corrected chi connectivity index (χ1v) is 6.39. The van der Waals surface area contributed by atoms with Crippen molar-refractivity contribution >= 4 is 29.5 Å². The van der Waals surface area contributed by atoms with Gasteiger partial charge in [-0.05, 0) is 31.5 Å². The van der Waals surface area contributed by atoms with Gasteiger partial charge >= 0.3 is 12.1 Å². The summed E-state index contributed by atoms with van der Waals surface area (Å²) in [4.78, 5) is 36.6. The molecule has 0 saturated carbocycles. The van der Waals surface area contributed by atoms with Gasteiger partial charge in [0.05, 0.1) is 5.69 Å². The quantitative estimate of drug-likeness (QED) is 0.287. The Bertz CT molecular complexity index is 633. The van der Waals surface area contributed by atoms with E-state index in [9.17, 15) is 14.4 Å². The number of ether oxygens (including phenoxy) is 2. The van der Waals surface area contributed by atoms with Crippen molar-refractivity contribution in [2.24, 2.45) is 4.99 Å². The first-order chi connectivity index (χ1) is 10.4. The van der Waals surface area contributed by atoms with Crippen LogP contribution in [0.5, 0.6) is 0 Å². The Balaban J connectivity index is 2.50. The molecule has 1 N–H and O–H groups in total. The van der Waals surface area contributed by atoms with Gasteiger partial charge in [0.15, 0.2) is 0 Å². The van der Waals surface area contributed by atoms with Gasteiger partial charge in [0, 0.05) is 5.57 Å². The molecular formula is C15H16N2O5. The Kier molecular flexibility index (Phi) is 6.53. The standard InChI is InChI=1S/C15H16N2O5/c1-10(2)14(19)21-6-7-22-15(20)17-12-5-4-11(3)8-13(12)16-9-18/h4-5,8H,1,6-7H2,2-3H3,(H,17,20). The van der Waals surface area contributed by atoms with E-state index in [2.05, 4.69) is 16.9 Å². The summed E-state index contributed by atoms with van der Waals surface area (Å²) in [6.45, 7) is 6.57. The fraction of sp³-hybridized carbons (Fsp3) is 0.267. The predicted octanol–water partition coefficient (Wildman–Crippen LogP) is 2.63. The van der Waals surface area contributed by atoms with Crippen LogP contribution in [0.15, 0.2) is 35.3 Å². The lowest BCUT2D eigenvalue weighted by Crippen LogP contribution is -2.18. The molecule has 0 heterocycles. The third kappa shape index (κ3) is 5.60. The molecule has 0 spiro atoms. The Labute approximate surface area is 127 Å². The summed E-state index contributed by atoms with van der Waals surface area (Å²) in [5.74, 6) is -0.551. The first kappa shape index (κ1) is 17.1. The van der Waals surface area contributed by atoms with Crippen LogP contribution in [0.2, 0.25) is 0 Å². The molecule has 0 radical (unpaired) electrons. The Morgan fingerprint density at radius 2 is 2.00 bits per heavy atom. The number of nitrogens with zero attached hydrogens (tertiary/aromatic N) is 1. The van der Waals surface area contributed by atoms with E-state index in [4.69, 9.17) is 9.47 Å². The second-order valence-electron chi connectivity index (χ2n) is 4.40. The van der Waals surface area contributed by atoms with Gasteiger partial charge in [0.2, 0.25) is 6.08 Å². The molecule has 1 aromatic carbocycles. The van der Waals surface area contributed by atoms with Crippen molar-refractivity contribution in [1.82, 2.24) is 0 Å². The molecule has 1 amide bonds. The highest BCUT2D eigenvalue weighted by molar-refractivity contribution is 5.89. The maximum atomic E-state index is 11.6. The third-order valence-electron chi connectivity index (χ3n) is 2.45. The average molecular weight is 304 g/mol. The van der Waals surface area contributed by atoms with E-state index >= 15 is 0 Å². The smallest absolute Gasteiger partial charge is 0.411 e. The summed E-state index contributed by atoms with van der Waals surface area (Å²) in [6.07, 6.45) is 0.665. The van der Waals surface area contributed by atoms with Crippen molar-refractivity contribution in [3.8, 4) is 0 Å². The molecule has 0 atom stereocenters. The van der Waals surface area contributed by atoms with Gasteiger partial charge in [0.1, 0.15) is 18.9 Å². The molecule has 1 rings (SSSR count). The number of rotatable bonds is 6. The molecule has 0 saturated heterocycles. The molecule has 0 bridgehead atoms. The van der Waals surface area contributed by atoms with Crippen LogP contribution >= 0.6 is 0 Å². The van der Waals surface area contributed by atoms with Crippen LogP contribution in [-0.4, -0.2) is 31.4 Å². The highest BCUT2D eigenvalue weighted by atomic mass is 16.6. The molecule has 0 aliphatic rings. The average Bonchev–Trinajstić information content (AvgIpc) is 2.46. The topological polar surface area (TPSA) is 94.1 Å². The zero-order valence-corrected chi connectivity index (χ0v) is 12.3. The Hall–Kier alpha value is -2.92. The number of amides is 1. The summed E-state index contributed by atoms with van der Waals surface area (Å²) in [5, 5.41) is 2.44. The van der Waals surface area contributed by atoms with Gasteiger partial charge in [-0.15, -0.1) is 0 Å². The minimum absolute atomic E-state index is 0.0770. The molecule has 7 heteroatoms. The van der Waals surface area contributed by atoms with E-state index in [-0.39, 0.29) is 24.5 Å². The largest absolute Gasteiger partial charge is 0.459 e. The second-order valence-corrected chi connectivity index (χ2v) is 4.40. The molecule has 116 valence electrons. The summed E-state index contributed by atoms with van der Waals surface area (Å²) < 4.78 is 9.61. The van der Waals surface area contributed by atoms with E-state index in [1.165, 1.54) is 13.0 Å². The van der Waals surface area contributed by atoms with Crippen molar-refractivity contribution in [1.29, 1.82) is 0 Å². The number of aryl methyl sites for hydroxylation is 1. The number of esters is 1. The highest BCUT2D eigenvalue weighted by Crippen LogP contribution is 2.25. The van der Waals surface area contributed by atoms with Crippen molar-refractivity contribution in [2.45, 2.75) is 13.8 Å². The number of isocyanates is 1. The van der Waals surface area contributed by atoms with Crippen LogP contribution in [-0.2, 0) is 19.1 Å². The van der Waals surface area contributed by atoms with Gasteiger partial charge in [-0.2, -0.15) is 4.99 Å². The molecular weight excluding hydrogens is 288 g/mol. The number of hydrogen-bond acceptors (Lipinski definition) is 6. The molecule has 0 aliphatic heterocycles. The lowest BCUT2D eigenvalue weighted by atomic mass is 10.2. The van der Waals surface area contributed by atoms with Crippen molar-refractivity contribution in [3.05, 3.63) is 35.9 Å². The lowest BCUT2D eigenvalue weighted by Gasteiger charge is -2.09. The van der Waals surface area contributed by atoms with E-state index < -0.39 is 12.1 Å². The summed E-state index contributed by atoms with van der Waals surface area (Å²) in [6, 6.07) is 4.96. The minimum atomic E-state index is -0.752. The SMILES string of the molecule is C=C(C)C(=O)OCCOC(=O)Nc1ccc(C)cc1N=C=O. The van der Waals surface area contributed by atoms with Gasteiger partial charge in [-0.3, -0.25) is 5.32 Å². The molecule has 1 aromatic rings. The fourth-order valence-electron chi connectivity index (χ4n) is 1.43. The highest BCUT2D eigenvalue weighted by Gasteiger charge is 2.09. The Morgan fingerprint density at radius 1 is 1.32 bits per heavy atom. The number of nitrogens with one attached hydrogen (secondary N) is 1. The predicted molar refractivity (Wildman–Crippen MR) is 79.7 cm³/mol. The van der Waals surface area contributed by atoms with Gasteiger partial charge in [0.25, 0.3) is 0 Å². The van der Waals surface area contributed by atoms with Gasteiger partial charge in [-0.25, -0.2) is 14.4 Å². The minimum Gasteiger partial charge on any atom is -0.459 e. The number of hydrogen-bond donors (Lipinski definition) is 1. The fourth-order valence-corrected chi connectivity index (χ4v) is 1.43. The third-order valence-corrected chi connectivity index (χ3v) is 2.45. The van der Waals surface area contributed by atoms with E-state index in [0.29, 0.717) is 5.69 Å². The number of carbonyl (C=O) groups excluding carboxylic acids is 3. The maximum absolute atomic E-state index is 11.6. The summed E-state index contributed by atoms with van der Waals surface area (Å²) >= 11 is 0. The number of aliphatic imine (C=N–C) groups is 1. The second kappa shape index (κ2) is 8.39. The van der Waals surface area contributed by atoms with Gasteiger partial charge < -0.3 is 9.47 Å². The number of benzene rings is 1. The lowest BCUT2D eigenvalue weighted by molar-refractivity contribution is -0.139. The monoisotopic (exact) mass is 304 g/mol. The first-order valence-electron chi connectivity index (χ1n) is 6.39. The van der Waals surface area contributed by atoms with E-state index in [0.717, 1.165) is 5.56 Å². The number of carbonyl (C=O) groups is 2. The molecule has 7 nitrogen and oxygen atoms in total. The van der Waals surface area contributed by atoms with Crippen LogP contribution in [0.3, 0.4) is 0 Å². The van der Waals surface area contributed by atoms with Crippen LogP contribution in [0.4, 0.5) is 16.2 Å². The molecule has 22 heavy (non-hydrogen) atoms. The van der Waals surface area contributed by atoms with Crippen molar-refractivity contribution in [3.63, 3.8) is 0 Å². The van der Waals surface area contributed by atoms with Crippen molar-refractivity contribution < 1.29 is 23.9 Å². The van der Waals surface area contributed by atoms with Crippen molar-refractivity contribution in [2.75, 3.05) is 18.5 Å². The Morgan fingerprint density at radius 3 is 2.64 bits per heavy atom. The van der Waals surface area contributed by atoms with Crippen LogP contribution in [0, 0.1) is 6.92 Å². The number of anilines is 1. The normalized spacial score (nSPS) is 9.36. The molecule has 0 aromatic heterocycles. The maximum Gasteiger partial charge on any atom is 0.411 e. The van der Waals surface area contributed by atoms with Gasteiger partial charge in [-0.1, -0.05) is 12.6 Å². The molecule has 0 fully saturated rings. The summed E-state index contributed by atoms with van der Waals surface area (Å²) in [5.41, 5.74) is 1.73. The molecule has 0 unspecified atom stereocenters. The van der Waals surface area contributed by atoms with Crippen LogP contribution < -0.4 is 5.32 Å². The van der Waals surface area contributed by atoms with E-state index in [1.54, 1.807) is 18.2 Å². The van der Waals surface area contributed by atoms with Crippen LogP contribution in [0.25, 0.3) is 0 Å². The van der Waals surface area contributed by atoms with E-state index in [1.807, 2.05) is 6.92 Å².